The zero-order valence-corrected chi connectivity index (χ0v) is 21.2. The Morgan fingerprint density at radius 3 is 2.36 bits per heavy atom. The van der Waals surface area contributed by atoms with E-state index in [1.807, 2.05) is 59.3 Å². The molecule has 3 N–H and O–H groups in total. The lowest BCUT2D eigenvalue weighted by molar-refractivity contribution is 0.0830. The van der Waals surface area contributed by atoms with Crippen LogP contribution in [-0.2, 0) is 4.74 Å². The number of pyridine rings is 1. The van der Waals surface area contributed by atoms with Gasteiger partial charge in [0, 0.05) is 30.3 Å². The minimum absolute atomic E-state index is 0.513. The number of ether oxygens (including phenoxy) is 1. The van der Waals surface area contributed by atoms with Crippen molar-refractivity contribution >= 4 is 28.1 Å². The number of aromatic nitrogens is 5. The second-order valence-corrected chi connectivity index (χ2v) is 9.26. The minimum atomic E-state index is -0.513. The molecule has 0 aliphatic carbocycles. The van der Waals surface area contributed by atoms with Crippen LogP contribution in [0.15, 0.2) is 115 Å². The van der Waals surface area contributed by atoms with E-state index in [1.54, 1.807) is 19.5 Å². The van der Waals surface area contributed by atoms with Crippen LogP contribution in [-0.4, -0.2) is 32.1 Å². The number of H-pyrrole nitrogens is 1. The van der Waals surface area contributed by atoms with Crippen LogP contribution in [0.25, 0.3) is 38.9 Å². The first-order valence-corrected chi connectivity index (χ1v) is 12.7. The summed E-state index contributed by atoms with van der Waals surface area (Å²) in [6, 6.07) is 32.7. The maximum Gasteiger partial charge on any atom is 0.181 e. The molecule has 3 aromatic heterocycles. The molecule has 4 heterocycles. The lowest BCUT2D eigenvalue weighted by atomic mass is 9.98. The number of nitrogens with one attached hydrogen (secondary N) is 3. The Balaban J connectivity index is 1.47. The molecule has 0 radical (unpaired) electrons. The Morgan fingerprint density at radius 2 is 1.62 bits per heavy atom. The first-order chi connectivity index (χ1) is 19.3. The van der Waals surface area contributed by atoms with Crippen LogP contribution in [0, 0.1) is 0 Å². The van der Waals surface area contributed by atoms with E-state index < -0.39 is 6.23 Å². The molecule has 3 aromatic carbocycles. The maximum absolute atomic E-state index is 6.21. The van der Waals surface area contributed by atoms with E-state index in [0.717, 1.165) is 61.9 Å². The van der Waals surface area contributed by atoms with Gasteiger partial charge in [0.25, 0.3) is 0 Å². The van der Waals surface area contributed by atoms with Crippen molar-refractivity contribution in [1.82, 2.24) is 25.0 Å². The molecule has 6 aromatic rings. The Morgan fingerprint density at radius 1 is 0.821 bits per heavy atom. The van der Waals surface area contributed by atoms with Gasteiger partial charge >= 0.3 is 0 Å². The largest absolute Gasteiger partial charge is 0.355 e. The van der Waals surface area contributed by atoms with Crippen LogP contribution >= 0.6 is 0 Å². The average molecular weight is 512 g/mol. The fraction of sp³-hybridized carbons (Fsp3) is 0.0645. The van der Waals surface area contributed by atoms with Crippen LogP contribution in [0.3, 0.4) is 0 Å². The Labute approximate surface area is 225 Å². The number of hydrogen-bond donors (Lipinski definition) is 3. The third kappa shape index (κ3) is 4.03. The van der Waals surface area contributed by atoms with Crippen molar-refractivity contribution < 1.29 is 4.74 Å². The number of fused-ring (bicyclic) bond motifs is 2. The lowest BCUT2D eigenvalue weighted by Crippen LogP contribution is -2.28. The molecule has 0 saturated heterocycles. The minimum Gasteiger partial charge on any atom is -0.355 e. The number of nitrogens with zero attached hydrogens (tertiary/aromatic N) is 4. The SMILES string of the molecule is COC1C(c2ccc3ncccc3c2)=C(Nc2ccn[nH]2)Nc2c(-c3ccccc3)c(-c3ccccc3)nn21. The molecule has 0 fully saturated rings. The monoisotopic (exact) mass is 511 g/mol. The summed E-state index contributed by atoms with van der Waals surface area (Å²) in [7, 11) is 1.71. The van der Waals surface area contributed by atoms with E-state index in [1.165, 1.54) is 0 Å². The summed E-state index contributed by atoms with van der Waals surface area (Å²) in [5.74, 6) is 2.36. The van der Waals surface area contributed by atoms with E-state index in [2.05, 4.69) is 68.3 Å². The molecular weight excluding hydrogens is 486 g/mol. The highest BCUT2D eigenvalue weighted by Crippen LogP contribution is 2.46. The third-order valence-corrected chi connectivity index (χ3v) is 6.90. The Hall–Kier alpha value is -5.21. The van der Waals surface area contributed by atoms with Crippen LogP contribution < -0.4 is 10.6 Å². The standard InChI is InChI=1S/C31H25N7O/c1-39-31-27(23-14-15-24-22(19-23)13-8-17-32-24)29(34-25-16-18-33-36-25)35-30-26(20-9-4-2-5-10-20)28(37-38(30)31)21-11-6-3-7-12-21/h2-19,31,35H,1H3,(H2,33,34,36). The number of methoxy groups -OCH3 is 1. The molecule has 0 saturated carbocycles. The van der Waals surface area contributed by atoms with Gasteiger partial charge in [0.15, 0.2) is 6.23 Å². The number of rotatable bonds is 6. The summed E-state index contributed by atoms with van der Waals surface area (Å²) in [6.07, 6.45) is 3.01. The highest BCUT2D eigenvalue weighted by atomic mass is 16.5. The fourth-order valence-electron chi connectivity index (χ4n) is 5.14. The number of benzene rings is 3. The molecule has 1 atom stereocenters. The van der Waals surface area contributed by atoms with Gasteiger partial charge in [0.2, 0.25) is 0 Å². The second kappa shape index (κ2) is 9.59. The zero-order valence-electron chi connectivity index (χ0n) is 21.2. The summed E-state index contributed by atoms with van der Waals surface area (Å²) in [6.45, 7) is 0. The van der Waals surface area contributed by atoms with Crippen molar-refractivity contribution in [2.45, 2.75) is 6.23 Å². The predicted octanol–water partition coefficient (Wildman–Crippen LogP) is 6.54. The van der Waals surface area contributed by atoms with E-state index >= 15 is 0 Å². The van der Waals surface area contributed by atoms with Crippen LogP contribution in [0.5, 0.6) is 0 Å². The highest BCUT2D eigenvalue weighted by molar-refractivity contribution is 5.93. The van der Waals surface area contributed by atoms with Crippen molar-refractivity contribution in [2.75, 3.05) is 17.7 Å². The second-order valence-electron chi connectivity index (χ2n) is 9.26. The van der Waals surface area contributed by atoms with E-state index in [9.17, 15) is 0 Å². The summed E-state index contributed by atoms with van der Waals surface area (Å²) < 4.78 is 8.14. The first kappa shape index (κ1) is 22.9. The van der Waals surface area contributed by atoms with E-state index in [4.69, 9.17) is 9.84 Å². The van der Waals surface area contributed by atoms with Crippen molar-refractivity contribution in [1.29, 1.82) is 0 Å². The molecule has 8 nitrogen and oxygen atoms in total. The van der Waals surface area contributed by atoms with Crippen LogP contribution in [0.1, 0.15) is 11.8 Å². The van der Waals surface area contributed by atoms with Crippen LogP contribution in [0.2, 0.25) is 0 Å². The van der Waals surface area contributed by atoms with Gasteiger partial charge in [0.05, 0.1) is 22.9 Å². The molecule has 39 heavy (non-hydrogen) atoms. The average Bonchev–Trinajstić information content (AvgIpc) is 3.65. The Bertz CT molecular complexity index is 1790. The van der Waals surface area contributed by atoms with Crippen molar-refractivity contribution in [2.24, 2.45) is 0 Å². The number of anilines is 2. The normalized spacial score (nSPS) is 14.7. The predicted molar refractivity (Wildman–Crippen MR) is 154 cm³/mol. The van der Waals surface area contributed by atoms with Gasteiger partial charge in [-0.15, -0.1) is 0 Å². The van der Waals surface area contributed by atoms with Crippen LogP contribution in [0.4, 0.5) is 11.6 Å². The van der Waals surface area contributed by atoms with Gasteiger partial charge in [0.1, 0.15) is 23.2 Å². The molecule has 0 bridgehead atoms. The molecule has 1 unspecified atom stereocenters. The quantitative estimate of drug-likeness (QED) is 0.235. The van der Waals surface area contributed by atoms with Gasteiger partial charge in [-0.3, -0.25) is 10.1 Å². The van der Waals surface area contributed by atoms with E-state index in [-0.39, 0.29) is 0 Å². The van der Waals surface area contributed by atoms with Crippen molar-refractivity contribution in [3.05, 3.63) is 121 Å². The number of aromatic amines is 1. The smallest absolute Gasteiger partial charge is 0.181 e. The summed E-state index contributed by atoms with van der Waals surface area (Å²) in [4.78, 5) is 4.50. The third-order valence-electron chi connectivity index (χ3n) is 6.90. The number of hydrogen-bond acceptors (Lipinski definition) is 6. The summed E-state index contributed by atoms with van der Waals surface area (Å²) in [5, 5.41) is 20.5. The summed E-state index contributed by atoms with van der Waals surface area (Å²) >= 11 is 0. The van der Waals surface area contributed by atoms with Crippen molar-refractivity contribution in [3.63, 3.8) is 0 Å². The van der Waals surface area contributed by atoms with Crippen molar-refractivity contribution in [3.8, 4) is 22.4 Å². The highest BCUT2D eigenvalue weighted by Gasteiger charge is 2.34. The fourth-order valence-corrected chi connectivity index (χ4v) is 5.14. The molecular formula is C31H25N7O. The first-order valence-electron chi connectivity index (χ1n) is 12.7. The Kier molecular flexibility index (Phi) is 5.64. The maximum atomic E-state index is 6.21. The molecule has 0 spiro atoms. The van der Waals surface area contributed by atoms with E-state index in [0.29, 0.717) is 0 Å². The molecule has 1 aliphatic rings. The lowest BCUT2D eigenvalue weighted by Gasteiger charge is -2.31. The topological polar surface area (TPSA) is 92.7 Å². The van der Waals surface area contributed by atoms with Gasteiger partial charge < -0.3 is 15.4 Å². The summed E-state index contributed by atoms with van der Waals surface area (Å²) in [5.41, 5.74) is 6.77. The van der Waals surface area contributed by atoms with Gasteiger partial charge in [-0.1, -0.05) is 72.8 Å². The van der Waals surface area contributed by atoms with Gasteiger partial charge in [-0.2, -0.15) is 10.2 Å². The van der Waals surface area contributed by atoms with Gasteiger partial charge in [-0.05, 0) is 29.3 Å². The zero-order chi connectivity index (χ0) is 26.2. The molecule has 190 valence electrons. The molecule has 1 aliphatic heterocycles. The molecule has 7 rings (SSSR count). The van der Waals surface area contributed by atoms with Gasteiger partial charge in [-0.25, -0.2) is 4.68 Å². The molecule has 0 amide bonds. The molecule has 8 heteroatoms.